The molecule has 2 heterocycles. The first-order valence-corrected chi connectivity index (χ1v) is 10.6. The Morgan fingerprint density at radius 2 is 2.04 bits per heavy atom. The van der Waals surface area contributed by atoms with Gasteiger partial charge < -0.3 is 15.5 Å². The lowest BCUT2D eigenvalue weighted by Gasteiger charge is -2.36. The molecule has 2 N–H and O–H groups in total. The molecule has 0 radical (unpaired) electrons. The molecule has 0 aromatic heterocycles. The van der Waals surface area contributed by atoms with Crippen molar-refractivity contribution in [1.82, 2.24) is 20.4 Å². The molecule has 1 aromatic carbocycles. The van der Waals surface area contributed by atoms with E-state index in [0.29, 0.717) is 12.5 Å². The largest absolute Gasteiger partial charge is 0.354 e. The number of benzene rings is 1. The van der Waals surface area contributed by atoms with Crippen LogP contribution in [0.15, 0.2) is 30.3 Å². The minimum absolute atomic E-state index is 0.0343. The zero-order chi connectivity index (χ0) is 19.9. The second-order valence-corrected chi connectivity index (χ2v) is 8.26. The molecule has 3 unspecified atom stereocenters. The fourth-order valence-electron chi connectivity index (χ4n) is 4.17. The van der Waals surface area contributed by atoms with E-state index >= 15 is 0 Å². The van der Waals surface area contributed by atoms with E-state index in [-0.39, 0.29) is 23.9 Å². The Bertz CT molecular complexity index is 645. The number of likely N-dealkylation sites (N-methyl/N-ethyl adjacent to an activating group) is 1. The normalized spacial score (nSPS) is 23.6. The van der Waals surface area contributed by atoms with E-state index in [2.05, 4.69) is 27.7 Å². The van der Waals surface area contributed by atoms with Crippen LogP contribution in [0, 0.1) is 5.92 Å². The second kappa shape index (κ2) is 10.0. The van der Waals surface area contributed by atoms with Gasteiger partial charge in [0.15, 0.2) is 0 Å². The molecule has 2 aliphatic heterocycles. The fourth-order valence-corrected chi connectivity index (χ4v) is 4.17. The molecule has 2 aliphatic rings. The second-order valence-electron chi connectivity index (χ2n) is 8.26. The van der Waals surface area contributed by atoms with E-state index in [9.17, 15) is 9.59 Å². The Labute approximate surface area is 168 Å². The fraction of sp³-hybridized carbons (Fsp3) is 0.636. The monoisotopic (exact) mass is 386 g/mol. The highest BCUT2D eigenvalue weighted by Crippen LogP contribution is 2.18. The van der Waals surface area contributed by atoms with Crippen LogP contribution in [-0.4, -0.2) is 66.9 Å². The van der Waals surface area contributed by atoms with Crippen LogP contribution in [0.25, 0.3) is 0 Å². The van der Waals surface area contributed by atoms with E-state index in [1.165, 1.54) is 5.56 Å². The molecular weight excluding hydrogens is 352 g/mol. The van der Waals surface area contributed by atoms with Crippen molar-refractivity contribution >= 4 is 11.8 Å². The number of hydrogen-bond acceptors (Lipinski definition) is 4. The van der Waals surface area contributed by atoms with Gasteiger partial charge in [0, 0.05) is 26.2 Å². The quantitative estimate of drug-likeness (QED) is 0.747. The van der Waals surface area contributed by atoms with Crippen molar-refractivity contribution in [3.63, 3.8) is 0 Å². The number of nitrogens with one attached hydrogen (secondary N) is 2. The first-order valence-electron chi connectivity index (χ1n) is 10.6. The number of hydrogen-bond donors (Lipinski definition) is 2. The van der Waals surface area contributed by atoms with Gasteiger partial charge in [-0.3, -0.25) is 14.5 Å². The van der Waals surface area contributed by atoms with Crippen molar-refractivity contribution in [3.05, 3.63) is 35.9 Å². The van der Waals surface area contributed by atoms with Crippen LogP contribution < -0.4 is 10.6 Å². The van der Waals surface area contributed by atoms with E-state index < -0.39 is 0 Å². The molecule has 3 rings (SSSR count). The van der Waals surface area contributed by atoms with Crippen LogP contribution >= 0.6 is 0 Å². The molecule has 2 fully saturated rings. The van der Waals surface area contributed by atoms with Crippen LogP contribution in [0.3, 0.4) is 0 Å². The lowest BCUT2D eigenvalue weighted by Crippen LogP contribution is -2.51. The first-order chi connectivity index (χ1) is 13.5. The van der Waals surface area contributed by atoms with Crippen molar-refractivity contribution in [2.45, 2.75) is 51.2 Å². The van der Waals surface area contributed by atoms with Gasteiger partial charge in [0.2, 0.25) is 11.8 Å². The predicted molar refractivity (Wildman–Crippen MR) is 111 cm³/mol. The molecule has 1 aromatic rings. The zero-order valence-corrected chi connectivity index (χ0v) is 17.2. The molecule has 0 saturated carbocycles. The van der Waals surface area contributed by atoms with E-state index in [1.54, 1.807) is 0 Å². The summed E-state index contributed by atoms with van der Waals surface area (Å²) in [6.07, 6.45) is 4.06. The smallest absolute Gasteiger partial charge is 0.239 e. The topological polar surface area (TPSA) is 64.7 Å². The maximum absolute atomic E-state index is 13.0. The Morgan fingerprint density at radius 3 is 2.75 bits per heavy atom. The van der Waals surface area contributed by atoms with Crippen LogP contribution in [0.1, 0.15) is 38.2 Å². The maximum atomic E-state index is 13.0. The molecular formula is C22H34N4O2. The Balaban J connectivity index is 1.47. The van der Waals surface area contributed by atoms with E-state index in [1.807, 2.05) is 37.1 Å². The molecule has 0 aliphatic carbocycles. The van der Waals surface area contributed by atoms with Crippen molar-refractivity contribution in [1.29, 1.82) is 0 Å². The van der Waals surface area contributed by atoms with Gasteiger partial charge in [-0.15, -0.1) is 0 Å². The molecule has 2 amide bonds. The number of carbonyl (C=O) groups is 2. The summed E-state index contributed by atoms with van der Waals surface area (Å²) in [7, 11) is 2.01. The third kappa shape index (κ3) is 5.55. The third-order valence-corrected chi connectivity index (χ3v) is 6.07. The number of carbonyl (C=O) groups excluding carboxylic acids is 2. The molecule has 154 valence electrons. The van der Waals surface area contributed by atoms with Gasteiger partial charge in [0.05, 0.1) is 12.1 Å². The minimum atomic E-state index is -0.156. The molecule has 0 spiro atoms. The van der Waals surface area contributed by atoms with Crippen molar-refractivity contribution < 1.29 is 9.59 Å². The van der Waals surface area contributed by atoms with Gasteiger partial charge in [-0.25, -0.2) is 0 Å². The number of rotatable bonds is 7. The summed E-state index contributed by atoms with van der Waals surface area (Å²) in [5, 5.41) is 6.32. The third-order valence-electron chi connectivity index (χ3n) is 6.07. The van der Waals surface area contributed by atoms with Gasteiger partial charge in [0.25, 0.3) is 0 Å². The van der Waals surface area contributed by atoms with E-state index in [0.717, 1.165) is 51.9 Å². The Morgan fingerprint density at radius 1 is 1.25 bits per heavy atom. The Hall–Kier alpha value is -1.92. The standard InChI is InChI=1S/C22H34N4O2/c1-17(25(2)15-18-8-4-3-5-9-18)22(28)26-13-7-10-19(16-26)14-24-21(27)20-11-6-12-23-20/h3-5,8-9,17,19-20,23H,6-7,10-16H2,1-2H3,(H,24,27). The molecule has 3 atom stereocenters. The number of piperidine rings is 1. The predicted octanol–water partition coefficient (Wildman–Crippen LogP) is 1.61. The van der Waals surface area contributed by atoms with Crippen molar-refractivity contribution in [2.75, 3.05) is 33.2 Å². The van der Waals surface area contributed by atoms with Gasteiger partial charge in [-0.2, -0.15) is 0 Å². The number of amides is 2. The SMILES string of the molecule is CC(C(=O)N1CCCC(CNC(=O)C2CCCN2)C1)N(C)Cc1ccccc1. The highest BCUT2D eigenvalue weighted by atomic mass is 16.2. The van der Waals surface area contributed by atoms with Crippen molar-refractivity contribution in [3.8, 4) is 0 Å². The minimum Gasteiger partial charge on any atom is -0.354 e. The molecule has 0 bridgehead atoms. The van der Waals surface area contributed by atoms with Crippen LogP contribution in [0.4, 0.5) is 0 Å². The number of likely N-dealkylation sites (tertiary alicyclic amines) is 1. The zero-order valence-electron chi connectivity index (χ0n) is 17.2. The molecule has 28 heavy (non-hydrogen) atoms. The maximum Gasteiger partial charge on any atom is 0.239 e. The van der Waals surface area contributed by atoms with Crippen LogP contribution in [0.5, 0.6) is 0 Å². The molecule has 6 heteroatoms. The highest BCUT2D eigenvalue weighted by Gasteiger charge is 2.29. The lowest BCUT2D eigenvalue weighted by atomic mass is 9.97. The average Bonchev–Trinajstić information content (AvgIpc) is 3.27. The summed E-state index contributed by atoms with van der Waals surface area (Å²) in [4.78, 5) is 29.3. The highest BCUT2D eigenvalue weighted by molar-refractivity contribution is 5.82. The lowest BCUT2D eigenvalue weighted by molar-refractivity contribution is -0.138. The van der Waals surface area contributed by atoms with Crippen LogP contribution in [-0.2, 0) is 16.1 Å². The van der Waals surface area contributed by atoms with Gasteiger partial charge >= 0.3 is 0 Å². The van der Waals surface area contributed by atoms with Crippen LogP contribution in [0.2, 0.25) is 0 Å². The van der Waals surface area contributed by atoms with Gasteiger partial charge in [-0.05, 0) is 57.7 Å². The molecule has 2 saturated heterocycles. The van der Waals surface area contributed by atoms with Gasteiger partial charge in [-0.1, -0.05) is 30.3 Å². The summed E-state index contributed by atoms with van der Waals surface area (Å²) in [5.74, 6) is 0.638. The van der Waals surface area contributed by atoms with Gasteiger partial charge in [0.1, 0.15) is 0 Å². The van der Waals surface area contributed by atoms with E-state index in [4.69, 9.17) is 0 Å². The average molecular weight is 387 g/mol. The summed E-state index contributed by atoms with van der Waals surface area (Å²) in [6, 6.07) is 10.1. The molecule has 6 nitrogen and oxygen atoms in total. The van der Waals surface area contributed by atoms with Crippen molar-refractivity contribution in [2.24, 2.45) is 5.92 Å². The Kier molecular flexibility index (Phi) is 7.45. The number of nitrogens with zero attached hydrogens (tertiary/aromatic N) is 2. The summed E-state index contributed by atoms with van der Waals surface area (Å²) in [5.41, 5.74) is 1.21. The summed E-state index contributed by atoms with van der Waals surface area (Å²) >= 11 is 0. The first kappa shape index (κ1) is 20.8. The summed E-state index contributed by atoms with van der Waals surface area (Å²) < 4.78 is 0. The summed E-state index contributed by atoms with van der Waals surface area (Å²) in [6.45, 7) is 5.89.